The largest absolute Gasteiger partial charge is 0.481 e. The second-order valence-corrected chi connectivity index (χ2v) is 4.41. The number of carbonyl (C=O) groups is 2. The monoisotopic (exact) mass is 259 g/mol. The Morgan fingerprint density at radius 2 is 1.89 bits per heavy atom. The second-order valence-electron chi connectivity index (χ2n) is 4.41. The molecule has 102 valence electrons. The van der Waals surface area contributed by atoms with Crippen LogP contribution < -0.4 is 0 Å². The summed E-state index contributed by atoms with van der Waals surface area (Å²) in [5, 5.41) is 28.0. The average molecular weight is 259 g/mol. The highest BCUT2D eigenvalue weighted by atomic mass is 16.6. The maximum Gasteiger partial charge on any atom is 0.310 e. The molecule has 0 aromatic rings. The molecule has 0 aliphatic heterocycles. The van der Waals surface area contributed by atoms with Crippen LogP contribution in [-0.4, -0.2) is 27.1 Å². The first-order valence-corrected chi connectivity index (χ1v) is 5.52. The molecule has 0 aliphatic carbocycles. The number of carboxylic acid groups (broad SMARTS) is 2. The molecule has 7 nitrogen and oxygen atoms in total. The Bertz CT molecular complexity index is 361. The van der Waals surface area contributed by atoms with E-state index >= 15 is 0 Å². The van der Waals surface area contributed by atoms with E-state index in [0.29, 0.717) is 6.20 Å². The highest BCUT2D eigenvalue weighted by Crippen LogP contribution is 2.24. The Kier molecular flexibility index (Phi) is 6.62. The minimum atomic E-state index is -1.23. The third-order valence-electron chi connectivity index (χ3n) is 2.31. The van der Waals surface area contributed by atoms with Gasteiger partial charge in [-0.25, -0.2) is 0 Å². The Hall–Kier alpha value is -1.92. The lowest BCUT2D eigenvalue weighted by molar-refractivity contribution is -0.404. The molecule has 0 saturated heterocycles. The molecule has 7 heteroatoms. The van der Waals surface area contributed by atoms with Crippen LogP contribution >= 0.6 is 0 Å². The Morgan fingerprint density at radius 3 is 2.22 bits per heavy atom. The molecule has 18 heavy (non-hydrogen) atoms. The summed E-state index contributed by atoms with van der Waals surface area (Å²) < 4.78 is 0. The van der Waals surface area contributed by atoms with Gasteiger partial charge in [0.05, 0.1) is 10.8 Å². The number of hydrogen-bond donors (Lipinski definition) is 2. The molecule has 0 fully saturated rings. The van der Waals surface area contributed by atoms with Gasteiger partial charge in [-0.15, -0.1) is 0 Å². The van der Waals surface area contributed by atoms with Crippen LogP contribution in [0.2, 0.25) is 0 Å². The summed E-state index contributed by atoms with van der Waals surface area (Å²) in [5.74, 6) is -3.41. The Labute approximate surface area is 104 Å². The molecule has 0 rings (SSSR count). The standard InChI is InChI=1S/C11H17NO6/c1-7(2)5-8(6-12(17)18)9(11(15)16)3-4-10(13)14/h6-7,9H,3-5H2,1-2H3,(H,13,14)(H,15,16). The summed E-state index contributed by atoms with van der Waals surface area (Å²) in [4.78, 5) is 31.3. The van der Waals surface area contributed by atoms with Crippen LogP contribution in [0.4, 0.5) is 0 Å². The number of hydrogen-bond acceptors (Lipinski definition) is 4. The Morgan fingerprint density at radius 1 is 1.33 bits per heavy atom. The molecule has 1 atom stereocenters. The lowest BCUT2D eigenvalue weighted by atomic mass is 9.89. The maximum absolute atomic E-state index is 11.1. The van der Waals surface area contributed by atoms with E-state index in [9.17, 15) is 19.7 Å². The van der Waals surface area contributed by atoms with Crippen molar-refractivity contribution in [1.29, 1.82) is 0 Å². The smallest absolute Gasteiger partial charge is 0.310 e. The van der Waals surface area contributed by atoms with Gasteiger partial charge in [0.2, 0.25) is 6.20 Å². The van der Waals surface area contributed by atoms with Crippen LogP contribution in [-0.2, 0) is 9.59 Å². The van der Waals surface area contributed by atoms with E-state index in [0.717, 1.165) is 0 Å². The minimum absolute atomic E-state index is 0.0582. The molecule has 1 unspecified atom stereocenters. The number of aliphatic carboxylic acids is 2. The lowest BCUT2D eigenvalue weighted by Crippen LogP contribution is -2.19. The van der Waals surface area contributed by atoms with Gasteiger partial charge in [0.15, 0.2) is 0 Å². The molecule has 0 spiro atoms. The molecule has 0 radical (unpaired) electrons. The van der Waals surface area contributed by atoms with Crippen LogP contribution in [0.25, 0.3) is 0 Å². The van der Waals surface area contributed by atoms with Crippen molar-refractivity contribution in [2.75, 3.05) is 0 Å². The van der Waals surface area contributed by atoms with E-state index in [2.05, 4.69) is 0 Å². The van der Waals surface area contributed by atoms with E-state index in [-0.39, 0.29) is 30.8 Å². The quantitative estimate of drug-likeness (QED) is 0.506. The fraction of sp³-hybridized carbons (Fsp3) is 0.636. The Balaban J connectivity index is 5.03. The second kappa shape index (κ2) is 7.41. The molecular weight excluding hydrogens is 242 g/mol. The zero-order chi connectivity index (χ0) is 14.3. The molecule has 0 aromatic heterocycles. The minimum Gasteiger partial charge on any atom is -0.481 e. The van der Waals surface area contributed by atoms with Gasteiger partial charge in [-0.1, -0.05) is 13.8 Å². The van der Waals surface area contributed by atoms with Crippen LogP contribution in [0.3, 0.4) is 0 Å². The molecule has 0 aliphatic rings. The lowest BCUT2D eigenvalue weighted by Gasteiger charge is -2.15. The van der Waals surface area contributed by atoms with Crippen molar-refractivity contribution in [3.63, 3.8) is 0 Å². The summed E-state index contributed by atoms with van der Waals surface area (Å²) in [5.41, 5.74) is 0.156. The van der Waals surface area contributed by atoms with Gasteiger partial charge >= 0.3 is 11.9 Å². The first-order chi connectivity index (χ1) is 8.23. The SMILES string of the molecule is CC(C)CC(=C[N+](=O)[O-])C(CCC(=O)O)C(=O)O. The molecular formula is C11H17NO6. The van der Waals surface area contributed by atoms with Gasteiger partial charge in [0, 0.05) is 12.0 Å². The zero-order valence-electron chi connectivity index (χ0n) is 10.3. The van der Waals surface area contributed by atoms with Crippen molar-refractivity contribution in [3.8, 4) is 0 Å². The van der Waals surface area contributed by atoms with Gasteiger partial charge in [0.25, 0.3) is 0 Å². The summed E-state index contributed by atoms with van der Waals surface area (Å²) in [6.45, 7) is 3.62. The number of rotatable bonds is 8. The van der Waals surface area contributed by atoms with Crippen LogP contribution in [0.15, 0.2) is 11.8 Å². The summed E-state index contributed by atoms with van der Waals surface area (Å²) >= 11 is 0. The average Bonchev–Trinajstić information content (AvgIpc) is 2.14. The fourth-order valence-electron chi connectivity index (χ4n) is 1.63. The highest BCUT2D eigenvalue weighted by molar-refractivity contribution is 5.75. The normalized spacial score (nSPS) is 13.4. The summed E-state index contributed by atoms with van der Waals surface area (Å²) in [6.07, 6.45) is 0.472. The maximum atomic E-state index is 11.1. The van der Waals surface area contributed by atoms with Crippen molar-refractivity contribution in [2.45, 2.75) is 33.1 Å². The fourth-order valence-corrected chi connectivity index (χ4v) is 1.63. The third-order valence-corrected chi connectivity index (χ3v) is 2.31. The van der Waals surface area contributed by atoms with Gasteiger partial charge in [-0.05, 0) is 18.8 Å². The highest BCUT2D eigenvalue weighted by Gasteiger charge is 2.26. The summed E-state index contributed by atoms with van der Waals surface area (Å²) in [7, 11) is 0. The van der Waals surface area contributed by atoms with E-state index in [1.807, 2.05) is 13.8 Å². The van der Waals surface area contributed by atoms with E-state index in [1.165, 1.54) is 0 Å². The van der Waals surface area contributed by atoms with Crippen LogP contribution in [0, 0.1) is 22.0 Å². The van der Waals surface area contributed by atoms with Gasteiger partial charge in [-0.3, -0.25) is 19.7 Å². The molecule has 0 bridgehead atoms. The van der Waals surface area contributed by atoms with Crippen LogP contribution in [0.1, 0.15) is 33.1 Å². The van der Waals surface area contributed by atoms with E-state index in [4.69, 9.17) is 10.2 Å². The molecule has 0 aromatic carbocycles. The van der Waals surface area contributed by atoms with Crippen molar-refractivity contribution >= 4 is 11.9 Å². The first kappa shape index (κ1) is 16.1. The van der Waals surface area contributed by atoms with Crippen molar-refractivity contribution in [1.82, 2.24) is 0 Å². The predicted octanol–water partition coefficient (Wildman–Crippen LogP) is 1.76. The van der Waals surface area contributed by atoms with Crippen molar-refractivity contribution in [3.05, 3.63) is 21.9 Å². The summed E-state index contributed by atoms with van der Waals surface area (Å²) in [6, 6.07) is 0. The number of nitro groups is 1. The number of nitrogens with zero attached hydrogens (tertiary/aromatic N) is 1. The van der Waals surface area contributed by atoms with E-state index in [1.54, 1.807) is 0 Å². The predicted molar refractivity (Wildman–Crippen MR) is 62.5 cm³/mol. The van der Waals surface area contributed by atoms with Crippen molar-refractivity contribution in [2.24, 2.45) is 11.8 Å². The van der Waals surface area contributed by atoms with Gasteiger partial charge < -0.3 is 10.2 Å². The number of carboxylic acids is 2. The third kappa shape index (κ3) is 6.62. The van der Waals surface area contributed by atoms with Crippen LogP contribution in [0.5, 0.6) is 0 Å². The van der Waals surface area contributed by atoms with E-state index < -0.39 is 22.8 Å². The molecule has 2 N–H and O–H groups in total. The zero-order valence-corrected chi connectivity index (χ0v) is 10.3. The van der Waals surface area contributed by atoms with Crippen molar-refractivity contribution < 1.29 is 24.7 Å². The first-order valence-electron chi connectivity index (χ1n) is 5.52. The molecule has 0 saturated carbocycles. The topological polar surface area (TPSA) is 118 Å². The molecule has 0 heterocycles. The molecule has 0 amide bonds. The van der Waals surface area contributed by atoms with Gasteiger partial charge in [0.1, 0.15) is 0 Å². The van der Waals surface area contributed by atoms with Gasteiger partial charge in [-0.2, -0.15) is 0 Å².